The lowest BCUT2D eigenvalue weighted by molar-refractivity contribution is -0.140. The van der Waals surface area contributed by atoms with Gasteiger partial charge in [0.1, 0.15) is 5.75 Å². The van der Waals surface area contributed by atoms with Gasteiger partial charge >= 0.3 is 6.18 Å². The maximum atomic E-state index is 13.3. The summed E-state index contributed by atoms with van der Waals surface area (Å²) < 4.78 is 44.9. The van der Waals surface area contributed by atoms with Crippen molar-refractivity contribution in [3.05, 3.63) is 65.9 Å². The summed E-state index contributed by atoms with van der Waals surface area (Å²) in [6, 6.07) is 15.4. The summed E-state index contributed by atoms with van der Waals surface area (Å²) in [5.41, 5.74) is 0.301. The first-order valence-corrected chi connectivity index (χ1v) is 8.10. The first-order valence-electron chi connectivity index (χ1n) is 7.29. The minimum atomic E-state index is -4.53. The minimum absolute atomic E-state index is 0.0574. The molecule has 0 aliphatic rings. The summed E-state index contributed by atoms with van der Waals surface area (Å²) in [6.07, 6.45) is -3.05. The van der Waals surface area contributed by atoms with Crippen molar-refractivity contribution in [1.82, 2.24) is 4.98 Å². The molecular formula is C18H13F3N2OS. The Hall–Kier alpha value is -2.67. The average molecular weight is 362 g/mol. The molecule has 0 radical (unpaired) electrons. The summed E-state index contributed by atoms with van der Waals surface area (Å²) in [5.74, 6) is 0.692. The van der Waals surface area contributed by atoms with Crippen LogP contribution in [0.15, 0.2) is 59.6 Å². The second kappa shape index (κ2) is 7.06. The van der Waals surface area contributed by atoms with Crippen LogP contribution in [-0.4, -0.2) is 18.3 Å². The molecule has 0 fully saturated rings. The SMILES string of the molecule is COc1ccc(/C=N/c2nc(C(F)(F)F)c(-c3ccccc3)s2)cc1. The van der Waals surface area contributed by atoms with E-state index in [4.69, 9.17) is 4.74 Å². The largest absolute Gasteiger partial charge is 0.497 e. The quantitative estimate of drug-likeness (QED) is 0.567. The van der Waals surface area contributed by atoms with E-state index in [0.29, 0.717) is 11.3 Å². The highest BCUT2D eigenvalue weighted by atomic mass is 32.1. The van der Waals surface area contributed by atoms with Crippen molar-refractivity contribution in [3.8, 4) is 16.2 Å². The Morgan fingerprint density at radius 2 is 1.72 bits per heavy atom. The molecule has 0 aliphatic carbocycles. The second-order valence-corrected chi connectivity index (χ2v) is 6.05. The number of aliphatic imine (C=N–C) groups is 1. The van der Waals surface area contributed by atoms with Crippen LogP contribution >= 0.6 is 11.3 Å². The first kappa shape index (κ1) is 17.2. The van der Waals surface area contributed by atoms with Crippen LogP contribution in [0.2, 0.25) is 0 Å². The number of nitrogens with zero attached hydrogens (tertiary/aromatic N) is 2. The van der Waals surface area contributed by atoms with Gasteiger partial charge in [0, 0.05) is 6.21 Å². The molecule has 1 aromatic heterocycles. The third kappa shape index (κ3) is 4.06. The number of aromatic nitrogens is 1. The van der Waals surface area contributed by atoms with Gasteiger partial charge in [0.15, 0.2) is 5.69 Å². The zero-order chi connectivity index (χ0) is 17.9. The fourth-order valence-corrected chi connectivity index (χ4v) is 3.10. The number of hydrogen-bond donors (Lipinski definition) is 0. The van der Waals surface area contributed by atoms with E-state index in [0.717, 1.165) is 16.9 Å². The number of thiazole rings is 1. The van der Waals surface area contributed by atoms with Gasteiger partial charge in [0.2, 0.25) is 5.13 Å². The van der Waals surface area contributed by atoms with Crippen LogP contribution < -0.4 is 4.74 Å². The normalized spacial score (nSPS) is 11.8. The number of alkyl halides is 3. The van der Waals surface area contributed by atoms with Crippen LogP contribution in [0.25, 0.3) is 10.4 Å². The fourth-order valence-electron chi connectivity index (χ4n) is 2.16. The van der Waals surface area contributed by atoms with Crippen LogP contribution in [0.5, 0.6) is 5.75 Å². The molecule has 128 valence electrons. The predicted octanol–water partition coefficient (Wildman–Crippen LogP) is 5.59. The number of hydrogen-bond acceptors (Lipinski definition) is 4. The maximum Gasteiger partial charge on any atom is 0.434 e. The van der Waals surface area contributed by atoms with E-state index < -0.39 is 11.9 Å². The highest BCUT2D eigenvalue weighted by molar-refractivity contribution is 7.18. The lowest BCUT2D eigenvalue weighted by Crippen LogP contribution is -2.06. The van der Waals surface area contributed by atoms with Gasteiger partial charge in [-0.05, 0) is 35.4 Å². The molecule has 0 saturated carbocycles. The van der Waals surface area contributed by atoms with E-state index in [1.165, 1.54) is 6.21 Å². The van der Waals surface area contributed by atoms with Crippen molar-refractivity contribution in [2.24, 2.45) is 4.99 Å². The van der Waals surface area contributed by atoms with Crippen LogP contribution in [0, 0.1) is 0 Å². The van der Waals surface area contributed by atoms with Crippen molar-refractivity contribution < 1.29 is 17.9 Å². The molecule has 0 aliphatic heterocycles. The van der Waals surface area contributed by atoms with Crippen LogP contribution in [-0.2, 0) is 6.18 Å². The lowest BCUT2D eigenvalue weighted by Gasteiger charge is -2.05. The maximum absolute atomic E-state index is 13.3. The Morgan fingerprint density at radius 1 is 1.04 bits per heavy atom. The van der Waals surface area contributed by atoms with E-state index in [1.807, 2.05) is 0 Å². The molecule has 3 aromatic rings. The van der Waals surface area contributed by atoms with Crippen LogP contribution in [0.4, 0.5) is 18.3 Å². The molecular weight excluding hydrogens is 349 g/mol. The number of rotatable bonds is 4. The van der Waals surface area contributed by atoms with Crippen molar-refractivity contribution in [2.45, 2.75) is 6.18 Å². The van der Waals surface area contributed by atoms with Crippen molar-refractivity contribution in [2.75, 3.05) is 7.11 Å². The third-order valence-corrected chi connectivity index (χ3v) is 4.37. The Labute approximate surface area is 146 Å². The number of halogens is 3. The van der Waals surface area contributed by atoms with Gasteiger partial charge < -0.3 is 4.74 Å². The smallest absolute Gasteiger partial charge is 0.434 e. The predicted molar refractivity (Wildman–Crippen MR) is 92.8 cm³/mol. The molecule has 7 heteroatoms. The molecule has 3 nitrogen and oxygen atoms in total. The summed E-state index contributed by atoms with van der Waals surface area (Å²) in [7, 11) is 1.56. The van der Waals surface area contributed by atoms with E-state index >= 15 is 0 Å². The van der Waals surface area contributed by atoms with E-state index in [2.05, 4.69) is 9.98 Å². The summed E-state index contributed by atoms with van der Waals surface area (Å²) in [4.78, 5) is 7.84. The highest BCUT2D eigenvalue weighted by Gasteiger charge is 2.37. The molecule has 0 unspecified atom stereocenters. The summed E-state index contributed by atoms with van der Waals surface area (Å²) >= 11 is 0.913. The van der Waals surface area contributed by atoms with Crippen LogP contribution in [0.3, 0.4) is 0 Å². The van der Waals surface area contributed by atoms with E-state index in [1.54, 1.807) is 61.7 Å². The van der Waals surface area contributed by atoms with Crippen molar-refractivity contribution in [3.63, 3.8) is 0 Å². The zero-order valence-corrected chi connectivity index (χ0v) is 13.9. The Kier molecular flexibility index (Phi) is 4.85. The van der Waals surface area contributed by atoms with Gasteiger partial charge in [-0.15, -0.1) is 0 Å². The second-order valence-electron chi connectivity index (χ2n) is 5.07. The molecule has 0 bridgehead atoms. The number of ether oxygens (including phenoxy) is 1. The van der Waals surface area contributed by atoms with Gasteiger partial charge in [0.05, 0.1) is 12.0 Å². The van der Waals surface area contributed by atoms with Gasteiger partial charge in [0.25, 0.3) is 0 Å². The molecule has 0 atom stereocenters. The lowest BCUT2D eigenvalue weighted by atomic mass is 10.1. The molecule has 0 N–H and O–H groups in total. The molecule has 2 aromatic carbocycles. The number of benzene rings is 2. The fraction of sp³-hybridized carbons (Fsp3) is 0.111. The van der Waals surface area contributed by atoms with Gasteiger partial charge in [-0.3, -0.25) is 0 Å². The van der Waals surface area contributed by atoms with Gasteiger partial charge in [-0.25, -0.2) is 9.98 Å². The Bertz CT molecular complexity index is 872. The standard InChI is InChI=1S/C18H13F3N2OS/c1-24-14-9-7-12(8-10-14)11-22-17-23-16(18(19,20)21)15(25-17)13-5-3-2-4-6-13/h2-11H,1H3/b22-11+. The van der Waals surface area contributed by atoms with Gasteiger partial charge in [-0.2, -0.15) is 13.2 Å². The van der Waals surface area contributed by atoms with Crippen LogP contribution in [0.1, 0.15) is 11.3 Å². The Morgan fingerprint density at radius 3 is 2.32 bits per heavy atom. The molecule has 25 heavy (non-hydrogen) atoms. The molecule has 1 heterocycles. The molecule has 0 amide bonds. The Balaban J connectivity index is 1.94. The average Bonchev–Trinajstić information content (AvgIpc) is 3.06. The highest BCUT2D eigenvalue weighted by Crippen LogP contribution is 2.42. The number of methoxy groups -OCH3 is 1. The van der Waals surface area contributed by atoms with Crippen molar-refractivity contribution >= 4 is 22.7 Å². The monoisotopic (exact) mass is 362 g/mol. The van der Waals surface area contributed by atoms with E-state index in [-0.39, 0.29) is 10.0 Å². The van der Waals surface area contributed by atoms with Gasteiger partial charge in [-0.1, -0.05) is 41.7 Å². The minimum Gasteiger partial charge on any atom is -0.497 e. The summed E-state index contributed by atoms with van der Waals surface area (Å²) in [5, 5.41) is 0.0574. The van der Waals surface area contributed by atoms with Crippen molar-refractivity contribution in [1.29, 1.82) is 0 Å². The molecule has 3 rings (SSSR count). The van der Waals surface area contributed by atoms with E-state index in [9.17, 15) is 13.2 Å². The first-order chi connectivity index (χ1) is 12.0. The molecule has 0 spiro atoms. The summed E-state index contributed by atoms with van der Waals surface area (Å²) in [6.45, 7) is 0. The third-order valence-electron chi connectivity index (χ3n) is 3.36. The topological polar surface area (TPSA) is 34.5 Å². The molecule has 0 saturated heterocycles. The zero-order valence-electron chi connectivity index (χ0n) is 13.1.